The summed E-state index contributed by atoms with van der Waals surface area (Å²) >= 11 is 0. The van der Waals surface area contributed by atoms with Crippen LogP contribution < -0.4 is 5.32 Å². The van der Waals surface area contributed by atoms with E-state index >= 15 is 0 Å². The molecule has 2 aliphatic rings. The molecule has 0 aromatic carbocycles. The van der Waals surface area contributed by atoms with Gasteiger partial charge in [-0.05, 0) is 25.7 Å². The summed E-state index contributed by atoms with van der Waals surface area (Å²) < 4.78 is 0. The molecule has 0 radical (unpaired) electrons. The standard InChI is InChI=1S/C16H28N2O3/c1-3-11(4-2)18-15(20)10-13(16(18)21)17-12-8-6-5-7-9-14(12)19/h11-14,17,19H,3-10H2,1-2H3. The molecule has 0 aromatic heterocycles. The van der Waals surface area contributed by atoms with Crippen molar-refractivity contribution in [1.82, 2.24) is 10.2 Å². The van der Waals surface area contributed by atoms with E-state index in [2.05, 4.69) is 5.32 Å². The molecule has 2 rings (SSSR count). The average Bonchev–Trinajstić information content (AvgIpc) is 2.63. The number of nitrogens with one attached hydrogen (secondary N) is 1. The fraction of sp³-hybridized carbons (Fsp3) is 0.875. The van der Waals surface area contributed by atoms with Crippen molar-refractivity contribution in [3.05, 3.63) is 0 Å². The molecule has 0 aromatic rings. The van der Waals surface area contributed by atoms with Gasteiger partial charge in [0.05, 0.1) is 18.6 Å². The Morgan fingerprint density at radius 2 is 1.86 bits per heavy atom. The van der Waals surface area contributed by atoms with E-state index in [0.717, 1.165) is 44.9 Å². The molecule has 21 heavy (non-hydrogen) atoms. The van der Waals surface area contributed by atoms with Gasteiger partial charge in [0, 0.05) is 12.1 Å². The van der Waals surface area contributed by atoms with Crippen LogP contribution in [-0.2, 0) is 9.59 Å². The first kappa shape index (κ1) is 16.4. The highest BCUT2D eigenvalue weighted by atomic mass is 16.3. The van der Waals surface area contributed by atoms with E-state index in [1.165, 1.54) is 4.90 Å². The molecule has 1 aliphatic heterocycles. The van der Waals surface area contributed by atoms with E-state index in [-0.39, 0.29) is 30.3 Å². The zero-order valence-corrected chi connectivity index (χ0v) is 13.2. The van der Waals surface area contributed by atoms with Crippen LogP contribution >= 0.6 is 0 Å². The number of carbonyl (C=O) groups is 2. The van der Waals surface area contributed by atoms with Crippen molar-refractivity contribution in [3.8, 4) is 0 Å². The van der Waals surface area contributed by atoms with Gasteiger partial charge in [0.15, 0.2) is 0 Å². The van der Waals surface area contributed by atoms with Crippen LogP contribution in [0.4, 0.5) is 0 Å². The van der Waals surface area contributed by atoms with E-state index in [0.29, 0.717) is 0 Å². The van der Waals surface area contributed by atoms with Crippen LogP contribution in [0.25, 0.3) is 0 Å². The first-order valence-electron chi connectivity index (χ1n) is 8.38. The van der Waals surface area contributed by atoms with Gasteiger partial charge in [-0.3, -0.25) is 14.5 Å². The summed E-state index contributed by atoms with van der Waals surface area (Å²) in [7, 11) is 0. The quantitative estimate of drug-likeness (QED) is 0.597. The molecule has 5 heteroatoms. The Kier molecular flexibility index (Phi) is 5.76. The van der Waals surface area contributed by atoms with Crippen molar-refractivity contribution in [2.75, 3.05) is 0 Å². The summed E-state index contributed by atoms with van der Waals surface area (Å²) in [5, 5.41) is 13.4. The van der Waals surface area contributed by atoms with Crippen LogP contribution in [-0.4, -0.2) is 46.1 Å². The molecule has 2 N–H and O–H groups in total. The molecule has 0 spiro atoms. The molecular formula is C16H28N2O3. The largest absolute Gasteiger partial charge is 0.392 e. The van der Waals surface area contributed by atoms with E-state index in [4.69, 9.17) is 0 Å². The molecule has 0 bridgehead atoms. The van der Waals surface area contributed by atoms with Crippen LogP contribution in [0.5, 0.6) is 0 Å². The summed E-state index contributed by atoms with van der Waals surface area (Å²) in [4.78, 5) is 26.1. The van der Waals surface area contributed by atoms with Gasteiger partial charge < -0.3 is 10.4 Å². The highest BCUT2D eigenvalue weighted by Gasteiger charge is 2.42. The monoisotopic (exact) mass is 296 g/mol. The molecule has 2 fully saturated rings. The van der Waals surface area contributed by atoms with Crippen molar-refractivity contribution < 1.29 is 14.7 Å². The Morgan fingerprint density at radius 1 is 1.19 bits per heavy atom. The predicted octanol–water partition coefficient (Wildman–Crippen LogP) is 1.59. The lowest BCUT2D eigenvalue weighted by Crippen LogP contribution is -2.49. The molecule has 5 nitrogen and oxygen atoms in total. The van der Waals surface area contributed by atoms with E-state index < -0.39 is 12.1 Å². The van der Waals surface area contributed by atoms with Crippen molar-refractivity contribution in [2.24, 2.45) is 0 Å². The lowest BCUT2D eigenvalue weighted by atomic mass is 10.0. The Balaban J connectivity index is 2.01. The topological polar surface area (TPSA) is 69.6 Å². The van der Waals surface area contributed by atoms with Crippen molar-refractivity contribution in [2.45, 2.75) is 89.4 Å². The summed E-state index contributed by atoms with van der Waals surface area (Å²) in [6, 6.07) is -0.498. The zero-order valence-electron chi connectivity index (χ0n) is 13.2. The number of aliphatic hydroxyl groups excluding tert-OH is 1. The van der Waals surface area contributed by atoms with E-state index in [1.807, 2.05) is 13.8 Å². The van der Waals surface area contributed by atoms with Gasteiger partial charge in [-0.2, -0.15) is 0 Å². The number of rotatable bonds is 5. The lowest BCUT2D eigenvalue weighted by Gasteiger charge is -2.27. The molecule has 1 saturated heterocycles. The minimum Gasteiger partial charge on any atom is -0.392 e. The Hall–Kier alpha value is -0.940. The molecular weight excluding hydrogens is 268 g/mol. The summed E-state index contributed by atoms with van der Waals surface area (Å²) in [5.74, 6) is -0.181. The second-order valence-electron chi connectivity index (χ2n) is 6.31. The highest BCUT2D eigenvalue weighted by Crippen LogP contribution is 2.23. The second-order valence-corrected chi connectivity index (χ2v) is 6.31. The third kappa shape index (κ3) is 3.64. The van der Waals surface area contributed by atoms with Gasteiger partial charge in [0.2, 0.25) is 11.8 Å². The number of aliphatic hydroxyl groups is 1. The van der Waals surface area contributed by atoms with Crippen LogP contribution in [0, 0.1) is 0 Å². The van der Waals surface area contributed by atoms with Crippen LogP contribution in [0.15, 0.2) is 0 Å². The van der Waals surface area contributed by atoms with Crippen molar-refractivity contribution in [3.63, 3.8) is 0 Å². The maximum atomic E-state index is 12.5. The summed E-state index contributed by atoms with van der Waals surface area (Å²) in [6.45, 7) is 4.01. The number of likely N-dealkylation sites (tertiary alicyclic amines) is 1. The van der Waals surface area contributed by atoms with Gasteiger partial charge in [0.25, 0.3) is 0 Å². The minimum atomic E-state index is -0.448. The van der Waals surface area contributed by atoms with Crippen molar-refractivity contribution >= 4 is 11.8 Å². The maximum absolute atomic E-state index is 12.5. The average molecular weight is 296 g/mol. The maximum Gasteiger partial charge on any atom is 0.247 e. The van der Waals surface area contributed by atoms with Gasteiger partial charge in [0.1, 0.15) is 0 Å². The molecule has 120 valence electrons. The minimum absolute atomic E-state index is 0.0101. The molecule has 1 heterocycles. The van der Waals surface area contributed by atoms with Crippen LogP contribution in [0.1, 0.15) is 65.2 Å². The van der Waals surface area contributed by atoms with Gasteiger partial charge in [-0.1, -0.05) is 33.1 Å². The van der Waals surface area contributed by atoms with Crippen LogP contribution in [0.3, 0.4) is 0 Å². The van der Waals surface area contributed by atoms with Gasteiger partial charge in [-0.15, -0.1) is 0 Å². The second kappa shape index (κ2) is 7.36. The number of hydrogen-bond donors (Lipinski definition) is 2. The van der Waals surface area contributed by atoms with Crippen molar-refractivity contribution in [1.29, 1.82) is 0 Å². The molecule has 1 saturated carbocycles. The fourth-order valence-corrected chi connectivity index (χ4v) is 3.56. The summed E-state index contributed by atoms with van der Waals surface area (Å²) in [5.41, 5.74) is 0. The number of nitrogens with zero attached hydrogens (tertiary/aromatic N) is 1. The summed E-state index contributed by atoms with van der Waals surface area (Å²) in [6.07, 6.45) is 6.33. The smallest absolute Gasteiger partial charge is 0.247 e. The number of carbonyl (C=O) groups excluding carboxylic acids is 2. The lowest BCUT2D eigenvalue weighted by molar-refractivity contribution is -0.141. The number of imide groups is 1. The molecule has 3 atom stereocenters. The third-order valence-electron chi connectivity index (χ3n) is 4.89. The van der Waals surface area contributed by atoms with E-state index in [9.17, 15) is 14.7 Å². The Bertz CT molecular complexity index is 382. The molecule has 3 unspecified atom stereocenters. The zero-order chi connectivity index (χ0) is 15.4. The number of amides is 2. The molecule has 2 amide bonds. The Labute approximate surface area is 127 Å². The predicted molar refractivity (Wildman–Crippen MR) is 80.6 cm³/mol. The van der Waals surface area contributed by atoms with Gasteiger partial charge in [-0.25, -0.2) is 0 Å². The Morgan fingerprint density at radius 3 is 2.52 bits per heavy atom. The normalized spacial score (nSPS) is 31.0. The SMILES string of the molecule is CCC(CC)N1C(=O)CC(NC2CCCCCC2O)C1=O. The highest BCUT2D eigenvalue weighted by molar-refractivity contribution is 6.05. The third-order valence-corrected chi connectivity index (χ3v) is 4.89. The van der Waals surface area contributed by atoms with E-state index in [1.54, 1.807) is 0 Å². The molecule has 1 aliphatic carbocycles. The first-order valence-corrected chi connectivity index (χ1v) is 8.38. The first-order chi connectivity index (χ1) is 10.1. The number of hydrogen-bond acceptors (Lipinski definition) is 4. The van der Waals surface area contributed by atoms with Crippen LogP contribution in [0.2, 0.25) is 0 Å². The van der Waals surface area contributed by atoms with Gasteiger partial charge >= 0.3 is 0 Å². The fourth-order valence-electron chi connectivity index (χ4n) is 3.56.